The minimum Gasteiger partial charge on any atom is -0.478 e. The zero-order chi connectivity index (χ0) is 15.9. The van der Waals surface area contributed by atoms with Crippen molar-refractivity contribution in [1.29, 1.82) is 0 Å². The SMILES string of the molecule is CCCCCCC(C)NS(=O)(=O)c1cccc(C(=O)O)c1. The monoisotopic (exact) mass is 313 g/mol. The van der Waals surface area contributed by atoms with Gasteiger partial charge in [0.25, 0.3) is 0 Å². The highest BCUT2D eigenvalue weighted by atomic mass is 32.2. The number of carboxylic acids is 1. The van der Waals surface area contributed by atoms with Crippen molar-refractivity contribution in [3.05, 3.63) is 29.8 Å². The topological polar surface area (TPSA) is 83.5 Å². The van der Waals surface area contributed by atoms with E-state index in [1.807, 2.05) is 6.92 Å². The van der Waals surface area contributed by atoms with E-state index in [4.69, 9.17) is 5.11 Å². The molecule has 0 aliphatic heterocycles. The summed E-state index contributed by atoms with van der Waals surface area (Å²) in [5, 5.41) is 8.91. The minimum absolute atomic E-state index is 0.0113. The van der Waals surface area contributed by atoms with E-state index in [1.54, 1.807) is 0 Å². The van der Waals surface area contributed by atoms with Crippen molar-refractivity contribution in [3.8, 4) is 0 Å². The third-order valence-corrected chi connectivity index (χ3v) is 4.83. The Balaban J connectivity index is 2.68. The van der Waals surface area contributed by atoms with Gasteiger partial charge in [0.1, 0.15) is 0 Å². The van der Waals surface area contributed by atoms with E-state index < -0.39 is 16.0 Å². The number of benzene rings is 1. The summed E-state index contributed by atoms with van der Waals surface area (Å²) in [6.07, 6.45) is 5.14. The molecule has 6 heteroatoms. The van der Waals surface area contributed by atoms with Crippen LogP contribution in [0.25, 0.3) is 0 Å². The summed E-state index contributed by atoms with van der Waals surface area (Å²) < 4.78 is 27.0. The predicted octanol–water partition coefficient (Wildman–Crippen LogP) is 3.02. The molecule has 0 radical (unpaired) electrons. The normalized spacial score (nSPS) is 13.0. The van der Waals surface area contributed by atoms with Gasteiger partial charge in [0, 0.05) is 6.04 Å². The summed E-state index contributed by atoms with van der Waals surface area (Å²) >= 11 is 0. The van der Waals surface area contributed by atoms with Crippen LogP contribution in [-0.4, -0.2) is 25.5 Å². The molecule has 21 heavy (non-hydrogen) atoms. The largest absolute Gasteiger partial charge is 0.478 e. The molecule has 0 heterocycles. The Morgan fingerprint density at radius 2 is 2.00 bits per heavy atom. The molecule has 0 aromatic heterocycles. The van der Waals surface area contributed by atoms with Gasteiger partial charge in [-0.1, -0.05) is 38.7 Å². The number of carboxylic acid groups (broad SMARTS) is 1. The van der Waals surface area contributed by atoms with E-state index >= 15 is 0 Å². The number of rotatable bonds is 9. The van der Waals surface area contributed by atoms with Gasteiger partial charge in [0.05, 0.1) is 10.5 Å². The van der Waals surface area contributed by atoms with E-state index in [9.17, 15) is 13.2 Å². The van der Waals surface area contributed by atoms with Crippen LogP contribution in [0, 0.1) is 0 Å². The molecular formula is C15H23NO4S. The Labute approximate surface area is 126 Å². The Kier molecular flexibility index (Phi) is 6.84. The highest BCUT2D eigenvalue weighted by Gasteiger charge is 2.18. The van der Waals surface area contributed by atoms with Gasteiger partial charge >= 0.3 is 5.97 Å². The number of unbranched alkanes of at least 4 members (excludes halogenated alkanes) is 3. The molecular weight excluding hydrogens is 290 g/mol. The molecule has 0 saturated heterocycles. The van der Waals surface area contributed by atoms with Crippen LogP contribution in [0.15, 0.2) is 29.2 Å². The van der Waals surface area contributed by atoms with Crippen LogP contribution in [0.1, 0.15) is 56.3 Å². The summed E-state index contributed by atoms with van der Waals surface area (Å²) in [5.41, 5.74) is -0.0338. The zero-order valence-electron chi connectivity index (χ0n) is 12.5. The third kappa shape index (κ3) is 5.85. The average Bonchev–Trinajstić information content (AvgIpc) is 2.43. The first kappa shape index (κ1) is 17.7. The number of hydrogen-bond acceptors (Lipinski definition) is 3. The molecule has 1 unspecified atom stereocenters. The lowest BCUT2D eigenvalue weighted by Gasteiger charge is -2.14. The molecule has 0 aliphatic carbocycles. The zero-order valence-corrected chi connectivity index (χ0v) is 13.3. The molecule has 0 amide bonds. The highest BCUT2D eigenvalue weighted by Crippen LogP contribution is 2.13. The summed E-state index contributed by atoms with van der Waals surface area (Å²) in [6, 6.07) is 5.22. The Morgan fingerprint density at radius 3 is 2.62 bits per heavy atom. The number of nitrogens with one attached hydrogen (secondary N) is 1. The Hall–Kier alpha value is -1.40. The van der Waals surface area contributed by atoms with Crippen LogP contribution in [0.4, 0.5) is 0 Å². The number of hydrogen-bond donors (Lipinski definition) is 2. The van der Waals surface area contributed by atoms with Crippen LogP contribution in [0.5, 0.6) is 0 Å². The standard InChI is InChI=1S/C15H23NO4S/c1-3-4-5-6-8-12(2)16-21(19,20)14-10-7-9-13(11-14)15(17)18/h7,9-12,16H,3-6,8H2,1-2H3,(H,17,18). The fourth-order valence-electron chi connectivity index (χ4n) is 2.07. The lowest BCUT2D eigenvalue weighted by atomic mass is 10.1. The molecule has 0 aliphatic rings. The molecule has 1 aromatic rings. The van der Waals surface area contributed by atoms with Crippen LogP contribution >= 0.6 is 0 Å². The summed E-state index contributed by atoms with van der Waals surface area (Å²) in [5.74, 6) is -1.14. The van der Waals surface area contributed by atoms with Gasteiger partial charge in [-0.3, -0.25) is 0 Å². The second-order valence-corrected chi connectivity index (χ2v) is 6.92. The van der Waals surface area contributed by atoms with E-state index in [1.165, 1.54) is 24.3 Å². The lowest BCUT2D eigenvalue weighted by Crippen LogP contribution is -2.32. The van der Waals surface area contributed by atoms with Gasteiger partial charge in [-0.05, 0) is 31.5 Å². The van der Waals surface area contributed by atoms with Crippen molar-refractivity contribution in [2.45, 2.75) is 56.9 Å². The smallest absolute Gasteiger partial charge is 0.335 e. The van der Waals surface area contributed by atoms with Crippen LogP contribution < -0.4 is 4.72 Å². The van der Waals surface area contributed by atoms with Crippen LogP contribution in [0.2, 0.25) is 0 Å². The van der Waals surface area contributed by atoms with Crippen LogP contribution in [-0.2, 0) is 10.0 Å². The second-order valence-electron chi connectivity index (χ2n) is 5.20. The predicted molar refractivity (Wildman–Crippen MR) is 81.9 cm³/mol. The van der Waals surface area contributed by atoms with Crippen molar-refractivity contribution >= 4 is 16.0 Å². The summed E-state index contributed by atoms with van der Waals surface area (Å²) in [4.78, 5) is 10.9. The van der Waals surface area contributed by atoms with Gasteiger partial charge in [0.15, 0.2) is 0 Å². The van der Waals surface area contributed by atoms with Gasteiger partial charge in [0.2, 0.25) is 10.0 Å². The number of aromatic carboxylic acids is 1. The summed E-state index contributed by atoms with van der Waals surface area (Å²) in [7, 11) is -3.67. The van der Waals surface area contributed by atoms with E-state index in [0.717, 1.165) is 32.1 Å². The fraction of sp³-hybridized carbons (Fsp3) is 0.533. The maximum atomic E-state index is 12.2. The summed E-state index contributed by atoms with van der Waals surface area (Å²) in [6.45, 7) is 3.95. The first-order valence-corrected chi connectivity index (χ1v) is 8.71. The molecule has 0 spiro atoms. The quantitative estimate of drug-likeness (QED) is 0.686. The first-order valence-electron chi connectivity index (χ1n) is 7.22. The molecule has 118 valence electrons. The van der Waals surface area contributed by atoms with Crippen molar-refractivity contribution in [3.63, 3.8) is 0 Å². The van der Waals surface area contributed by atoms with E-state index in [0.29, 0.717) is 0 Å². The van der Waals surface area contributed by atoms with Gasteiger partial charge in [-0.15, -0.1) is 0 Å². The van der Waals surface area contributed by atoms with Crippen molar-refractivity contribution < 1.29 is 18.3 Å². The molecule has 5 nitrogen and oxygen atoms in total. The van der Waals surface area contributed by atoms with Crippen molar-refractivity contribution in [2.75, 3.05) is 0 Å². The second kappa shape index (κ2) is 8.14. The number of sulfonamides is 1. The number of carbonyl (C=O) groups is 1. The van der Waals surface area contributed by atoms with Gasteiger partial charge in [-0.2, -0.15) is 0 Å². The molecule has 1 atom stereocenters. The lowest BCUT2D eigenvalue weighted by molar-refractivity contribution is 0.0696. The van der Waals surface area contributed by atoms with E-state index in [-0.39, 0.29) is 16.5 Å². The van der Waals surface area contributed by atoms with E-state index in [2.05, 4.69) is 11.6 Å². The first-order chi connectivity index (χ1) is 9.86. The maximum absolute atomic E-state index is 12.2. The van der Waals surface area contributed by atoms with Gasteiger partial charge in [-0.25, -0.2) is 17.9 Å². The third-order valence-electron chi connectivity index (χ3n) is 3.24. The molecule has 1 aromatic carbocycles. The van der Waals surface area contributed by atoms with Crippen LogP contribution in [0.3, 0.4) is 0 Å². The highest BCUT2D eigenvalue weighted by molar-refractivity contribution is 7.89. The minimum atomic E-state index is -3.67. The molecule has 0 saturated carbocycles. The molecule has 1 rings (SSSR count). The Morgan fingerprint density at radius 1 is 1.29 bits per heavy atom. The molecule has 0 fully saturated rings. The fourth-order valence-corrected chi connectivity index (χ4v) is 3.39. The van der Waals surface area contributed by atoms with Crippen molar-refractivity contribution in [2.24, 2.45) is 0 Å². The van der Waals surface area contributed by atoms with Crippen molar-refractivity contribution in [1.82, 2.24) is 4.72 Å². The van der Waals surface area contributed by atoms with Gasteiger partial charge < -0.3 is 5.11 Å². The molecule has 2 N–H and O–H groups in total. The molecule has 0 bridgehead atoms. The maximum Gasteiger partial charge on any atom is 0.335 e. The average molecular weight is 313 g/mol. The Bertz CT molecular complexity index is 569.